The number of hydrogen-bond donors (Lipinski definition) is 1. The zero-order valence-corrected chi connectivity index (χ0v) is 16.9. The van der Waals surface area contributed by atoms with Gasteiger partial charge >= 0.3 is 0 Å². The summed E-state index contributed by atoms with van der Waals surface area (Å²) in [6.45, 7) is -0.143. The second-order valence-electron chi connectivity index (χ2n) is 7.50. The summed E-state index contributed by atoms with van der Waals surface area (Å²) in [7, 11) is -4.28. The summed E-state index contributed by atoms with van der Waals surface area (Å²) < 4.78 is 59.1. The van der Waals surface area contributed by atoms with Crippen molar-refractivity contribution >= 4 is 15.9 Å². The fraction of sp³-hybridized carbons (Fsp3) is 0.381. The number of fused-ring (bicyclic) bond motifs is 5. The topological polar surface area (TPSA) is 75.7 Å². The second kappa shape index (κ2) is 8.31. The van der Waals surface area contributed by atoms with Crippen LogP contribution in [0.2, 0.25) is 0 Å². The van der Waals surface area contributed by atoms with Crippen LogP contribution in [0.1, 0.15) is 12.0 Å². The van der Waals surface area contributed by atoms with Gasteiger partial charge in [0.1, 0.15) is 11.9 Å². The van der Waals surface area contributed by atoms with Gasteiger partial charge in [-0.05, 0) is 23.6 Å². The summed E-state index contributed by atoms with van der Waals surface area (Å²) in [4.78, 5) is 14.1. The van der Waals surface area contributed by atoms with E-state index in [2.05, 4.69) is 4.72 Å². The quantitative estimate of drug-likeness (QED) is 0.802. The molecular weight excluding hydrogens is 414 g/mol. The van der Waals surface area contributed by atoms with Gasteiger partial charge in [-0.25, -0.2) is 21.9 Å². The third-order valence-corrected chi connectivity index (χ3v) is 6.42. The van der Waals surface area contributed by atoms with Gasteiger partial charge in [0.15, 0.2) is 0 Å². The molecule has 4 rings (SSSR count). The molecule has 1 N–H and O–H groups in total. The monoisotopic (exact) mass is 436 g/mol. The van der Waals surface area contributed by atoms with Crippen LogP contribution in [0.15, 0.2) is 48.5 Å². The van der Waals surface area contributed by atoms with Crippen LogP contribution in [-0.4, -0.2) is 56.6 Å². The minimum absolute atomic E-state index is 0.0219. The number of nitrogens with one attached hydrogen (secondary N) is 1. The van der Waals surface area contributed by atoms with Crippen LogP contribution in [-0.2, 0) is 21.2 Å². The predicted octanol–water partition coefficient (Wildman–Crippen LogP) is 2.44. The maximum Gasteiger partial charge on any atom is 0.241 e. The molecule has 30 heavy (non-hydrogen) atoms. The van der Waals surface area contributed by atoms with Crippen molar-refractivity contribution < 1.29 is 26.7 Å². The van der Waals surface area contributed by atoms with Gasteiger partial charge in [-0.1, -0.05) is 42.5 Å². The average molecular weight is 436 g/mol. The number of para-hydroxylation sites is 1. The van der Waals surface area contributed by atoms with Gasteiger partial charge in [-0.3, -0.25) is 4.79 Å². The summed E-state index contributed by atoms with van der Waals surface area (Å²) in [5.74, 6) is 0.316. The smallest absolute Gasteiger partial charge is 0.241 e. The molecule has 1 amide bonds. The molecule has 160 valence electrons. The molecule has 3 atom stereocenters. The standard InChI is InChI=1S/C21H22F2N2O4S/c22-13-30(27,28)24-21-17(23)12-25-18(21)11-14-4-3-5-15(10-14)16-6-1-2-7-19(16)29-9-8-20(25)26/h1-7,10,17-18,21,24H,8-9,11-13H2/t17-,18-,21-/m0/s1. The number of sulfonamides is 1. The van der Waals surface area contributed by atoms with Gasteiger partial charge in [0.25, 0.3) is 0 Å². The zero-order valence-electron chi connectivity index (χ0n) is 16.1. The van der Waals surface area contributed by atoms with Crippen LogP contribution in [0.3, 0.4) is 0 Å². The summed E-state index contributed by atoms with van der Waals surface area (Å²) in [6.07, 6.45) is -1.37. The lowest BCUT2D eigenvalue weighted by Gasteiger charge is -2.29. The number of rotatable bonds is 3. The normalized spacial score (nSPS) is 24.3. The van der Waals surface area contributed by atoms with Crippen molar-refractivity contribution in [1.29, 1.82) is 0 Å². The number of nitrogens with zero attached hydrogens (tertiary/aromatic N) is 1. The van der Waals surface area contributed by atoms with Gasteiger partial charge in [0.05, 0.1) is 31.7 Å². The molecule has 2 heterocycles. The Morgan fingerprint density at radius 2 is 1.97 bits per heavy atom. The lowest BCUT2D eigenvalue weighted by Crippen LogP contribution is -2.50. The highest BCUT2D eigenvalue weighted by Crippen LogP contribution is 2.33. The predicted molar refractivity (Wildman–Crippen MR) is 108 cm³/mol. The molecule has 1 saturated heterocycles. The van der Waals surface area contributed by atoms with E-state index >= 15 is 0 Å². The van der Waals surface area contributed by atoms with Gasteiger partial charge in [-0.15, -0.1) is 0 Å². The summed E-state index contributed by atoms with van der Waals surface area (Å²) in [5.41, 5.74) is 2.58. The molecule has 2 aromatic rings. The van der Waals surface area contributed by atoms with Crippen LogP contribution in [0.25, 0.3) is 11.1 Å². The molecule has 2 aromatic carbocycles. The molecule has 1 fully saturated rings. The number of carbonyl (C=O) groups excluding carboxylic acids is 1. The molecule has 9 heteroatoms. The fourth-order valence-corrected chi connectivity index (χ4v) is 4.90. The van der Waals surface area contributed by atoms with Gasteiger partial charge in [0.2, 0.25) is 21.9 Å². The Morgan fingerprint density at radius 1 is 1.17 bits per heavy atom. The number of halogens is 2. The first-order valence-corrected chi connectivity index (χ1v) is 11.3. The first-order chi connectivity index (χ1) is 14.4. The van der Waals surface area contributed by atoms with E-state index in [0.717, 1.165) is 16.7 Å². The van der Waals surface area contributed by atoms with Crippen LogP contribution < -0.4 is 9.46 Å². The van der Waals surface area contributed by atoms with E-state index in [4.69, 9.17) is 4.74 Å². The van der Waals surface area contributed by atoms with Crippen molar-refractivity contribution in [2.24, 2.45) is 0 Å². The molecule has 0 aliphatic carbocycles. The molecule has 2 bridgehead atoms. The Hall–Kier alpha value is -2.52. The number of ether oxygens (including phenoxy) is 1. The average Bonchev–Trinajstić information content (AvgIpc) is 3.03. The number of carbonyl (C=O) groups is 1. The minimum atomic E-state index is -4.28. The maximum absolute atomic E-state index is 14.8. The van der Waals surface area contributed by atoms with E-state index in [1.54, 1.807) is 0 Å². The highest BCUT2D eigenvalue weighted by Gasteiger charge is 2.45. The Labute approximate surface area is 173 Å². The van der Waals surface area contributed by atoms with Crippen molar-refractivity contribution in [2.45, 2.75) is 31.1 Å². The third kappa shape index (κ3) is 4.17. The van der Waals surface area contributed by atoms with Crippen molar-refractivity contribution in [3.8, 4) is 16.9 Å². The maximum atomic E-state index is 14.8. The summed E-state index contributed by atoms with van der Waals surface area (Å²) >= 11 is 0. The van der Waals surface area contributed by atoms with E-state index in [0.29, 0.717) is 5.75 Å². The molecule has 0 aromatic heterocycles. The first kappa shape index (κ1) is 20.7. The lowest BCUT2D eigenvalue weighted by molar-refractivity contribution is -0.132. The van der Waals surface area contributed by atoms with Crippen LogP contribution in [0.5, 0.6) is 5.75 Å². The van der Waals surface area contributed by atoms with E-state index in [9.17, 15) is 22.0 Å². The zero-order chi connectivity index (χ0) is 21.3. The van der Waals surface area contributed by atoms with Crippen LogP contribution in [0.4, 0.5) is 8.78 Å². The van der Waals surface area contributed by atoms with Gasteiger partial charge in [0, 0.05) is 5.56 Å². The van der Waals surface area contributed by atoms with E-state index in [1.807, 2.05) is 48.5 Å². The van der Waals surface area contributed by atoms with E-state index in [-0.39, 0.29) is 31.9 Å². The van der Waals surface area contributed by atoms with Crippen molar-refractivity contribution in [2.75, 3.05) is 19.2 Å². The number of hydrogen-bond acceptors (Lipinski definition) is 4. The van der Waals surface area contributed by atoms with Crippen molar-refractivity contribution in [3.63, 3.8) is 0 Å². The molecule has 0 spiro atoms. The number of amides is 1. The van der Waals surface area contributed by atoms with Gasteiger partial charge in [-0.2, -0.15) is 0 Å². The first-order valence-electron chi connectivity index (χ1n) is 9.68. The molecule has 2 aliphatic heterocycles. The van der Waals surface area contributed by atoms with Gasteiger partial charge < -0.3 is 9.64 Å². The van der Waals surface area contributed by atoms with E-state index in [1.165, 1.54) is 4.90 Å². The summed E-state index contributed by atoms with van der Waals surface area (Å²) in [5, 5.41) is 0. The number of benzene rings is 2. The molecule has 2 aliphatic rings. The summed E-state index contributed by atoms with van der Waals surface area (Å²) in [6, 6.07) is 11.4. The highest BCUT2D eigenvalue weighted by atomic mass is 32.2. The lowest BCUT2D eigenvalue weighted by atomic mass is 9.96. The van der Waals surface area contributed by atoms with Crippen LogP contribution in [0, 0.1) is 0 Å². The largest absolute Gasteiger partial charge is 0.492 e. The Balaban J connectivity index is 1.74. The SMILES string of the molecule is O=C1CCOc2ccccc2-c2cccc(c2)C[C@H]2[C@@H](NS(=O)(=O)CF)[C@@H](F)CN12. The molecule has 0 radical (unpaired) electrons. The van der Waals surface area contributed by atoms with Crippen molar-refractivity contribution in [1.82, 2.24) is 9.62 Å². The fourth-order valence-electron chi connectivity index (χ4n) is 4.12. The molecular formula is C21H22F2N2O4S. The Kier molecular flexibility index (Phi) is 5.75. The van der Waals surface area contributed by atoms with Crippen LogP contribution >= 0.6 is 0 Å². The third-order valence-electron chi connectivity index (χ3n) is 5.50. The van der Waals surface area contributed by atoms with Crippen molar-refractivity contribution in [3.05, 3.63) is 54.1 Å². The number of alkyl halides is 2. The molecule has 0 saturated carbocycles. The molecule has 6 nitrogen and oxygen atoms in total. The highest BCUT2D eigenvalue weighted by molar-refractivity contribution is 7.89. The molecule has 0 unspecified atom stereocenters. The Bertz CT molecular complexity index is 1050. The minimum Gasteiger partial charge on any atom is -0.492 e. The second-order valence-corrected chi connectivity index (χ2v) is 9.18. The van der Waals surface area contributed by atoms with E-state index < -0.39 is 34.3 Å². The Morgan fingerprint density at radius 3 is 2.77 bits per heavy atom.